The molecule has 2 aliphatic heterocycles. The fraction of sp³-hybridized carbons (Fsp3) is 0.867. The lowest BCUT2D eigenvalue weighted by atomic mass is 9.95. The van der Waals surface area contributed by atoms with Gasteiger partial charge in [-0.25, -0.2) is 0 Å². The van der Waals surface area contributed by atoms with Crippen LogP contribution in [0.5, 0.6) is 0 Å². The van der Waals surface area contributed by atoms with Crippen LogP contribution in [0.15, 0.2) is 0 Å². The van der Waals surface area contributed by atoms with E-state index in [2.05, 4.69) is 4.90 Å². The van der Waals surface area contributed by atoms with Crippen molar-refractivity contribution < 1.29 is 9.59 Å². The Hall–Kier alpha value is -1.06. The molecule has 0 aromatic heterocycles. The molecule has 0 aromatic rings. The van der Waals surface area contributed by atoms with E-state index in [9.17, 15) is 9.59 Å². The molecule has 1 aliphatic carbocycles. The Balaban J connectivity index is 1.67. The van der Waals surface area contributed by atoms with Gasteiger partial charge in [0.2, 0.25) is 11.8 Å². The second-order valence-corrected chi connectivity index (χ2v) is 6.46. The molecule has 1 saturated carbocycles. The van der Waals surface area contributed by atoms with Crippen LogP contribution in [0.2, 0.25) is 0 Å². The number of likely N-dealkylation sites (tertiary alicyclic amines) is 2. The van der Waals surface area contributed by atoms with Gasteiger partial charge >= 0.3 is 0 Å². The van der Waals surface area contributed by atoms with Gasteiger partial charge in [0.15, 0.2) is 0 Å². The third kappa shape index (κ3) is 2.37. The van der Waals surface area contributed by atoms with Crippen molar-refractivity contribution >= 4 is 11.8 Å². The average Bonchev–Trinajstić information content (AvgIpc) is 3.09. The van der Waals surface area contributed by atoms with Crippen molar-refractivity contribution in [3.05, 3.63) is 0 Å². The number of hydrogen-bond donors (Lipinski definition) is 0. The summed E-state index contributed by atoms with van der Waals surface area (Å²) in [5.41, 5.74) is 0. The van der Waals surface area contributed by atoms with Gasteiger partial charge in [0.25, 0.3) is 0 Å². The summed E-state index contributed by atoms with van der Waals surface area (Å²) in [5.74, 6) is 1.00. The Labute approximate surface area is 115 Å². The van der Waals surface area contributed by atoms with E-state index in [0.717, 1.165) is 18.9 Å². The molecule has 2 heterocycles. The van der Waals surface area contributed by atoms with Crippen molar-refractivity contribution in [1.29, 1.82) is 0 Å². The first-order valence-electron chi connectivity index (χ1n) is 7.71. The molecule has 2 unspecified atom stereocenters. The highest BCUT2D eigenvalue weighted by molar-refractivity contribution is 5.89. The van der Waals surface area contributed by atoms with E-state index in [1.807, 2.05) is 0 Å². The minimum absolute atomic E-state index is 0.0838. The highest BCUT2D eigenvalue weighted by Crippen LogP contribution is 2.36. The Kier molecular flexibility index (Phi) is 3.50. The number of carbonyl (C=O) groups excluding carboxylic acids is 2. The minimum atomic E-state index is -0.0838. The summed E-state index contributed by atoms with van der Waals surface area (Å²) in [4.78, 5) is 28.1. The highest BCUT2D eigenvalue weighted by atomic mass is 16.2. The number of amides is 2. The zero-order valence-corrected chi connectivity index (χ0v) is 11.8. The van der Waals surface area contributed by atoms with Crippen molar-refractivity contribution in [2.45, 2.75) is 51.0 Å². The molecule has 0 radical (unpaired) electrons. The summed E-state index contributed by atoms with van der Waals surface area (Å²) in [6.07, 6.45) is 7.97. The van der Waals surface area contributed by atoms with Crippen molar-refractivity contribution in [3.8, 4) is 0 Å². The standard InChI is InChI=1S/C15H24N2O2/c1-16-10-12(9-14(16)18)15(19)17-8-4-7-13(17)11-5-2-3-6-11/h11-13H,2-10H2,1H3. The Morgan fingerprint density at radius 2 is 1.89 bits per heavy atom. The van der Waals surface area contributed by atoms with Crippen molar-refractivity contribution in [3.63, 3.8) is 0 Å². The van der Waals surface area contributed by atoms with Gasteiger partial charge in [-0.05, 0) is 31.6 Å². The molecule has 3 rings (SSSR count). The summed E-state index contributed by atoms with van der Waals surface area (Å²) < 4.78 is 0. The van der Waals surface area contributed by atoms with Gasteiger partial charge in [-0.2, -0.15) is 0 Å². The first-order chi connectivity index (χ1) is 9.16. The van der Waals surface area contributed by atoms with Crippen molar-refractivity contribution in [2.24, 2.45) is 11.8 Å². The number of hydrogen-bond acceptors (Lipinski definition) is 2. The maximum absolute atomic E-state index is 12.7. The fourth-order valence-electron chi connectivity index (χ4n) is 4.16. The predicted octanol–water partition coefficient (Wildman–Crippen LogP) is 1.65. The Morgan fingerprint density at radius 3 is 2.53 bits per heavy atom. The molecule has 2 amide bonds. The van der Waals surface area contributed by atoms with Crippen LogP contribution in [-0.4, -0.2) is 47.8 Å². The topological polar surface area (TPSA) is 40.6 Å². The normalized spacial score (nSPS) is 32.6. The van der Waals surface area contributed by atoms with E-state index < -0.39 is 0 Å². The summed E-state index contributed by atoms with van der Waals surface area (Å²) in [6.45, 7) is 1.53. The zero-order chi connectivity index (χ0) is 13.4. The molecule has 2 saturated heterocycles. The van der Waals surface area contributed by atoms with E-state index in [-0.39, 0.29) is 17.7 Å². The van der Waals surface area contributed by atoms with Gasteiger partial charge in [0.1, 0.15) is 0 Å². The fourth-order valence-corrected chi connectivity index (χ4v) is 4.16. The van der Waals surface area contributed by atoms with Crippen LogP contribution in [0.1, 0.15) is 44.9 Å². The zero-order valence-electron chi connectivity index (χ0n) is 11.8. The Bertz CT molecular complexity index is 376. The second-order valence-electron chi connectivity index (χ2n) is 6.46. The lowest BCUT2D eigenvalue weighted by Gasteiger charge is -2.31. The van der Waals surface area contributed by atoms with Crippen LogP contribution in [0.4, 0.5) is 0 Å². The minimum Gasteiger partial charge on any atom is -0.345 e. The monoisotopic (exact) mass is 264 g/mol. The molecule has 19 heavy (non-hydrogen) atoms. The second kappa shape index (κ2) is 5.14. The molecule has 0 spiro atoms. The lowest BCUT2D eigenvalue weighted by Crippen LogP contribution is -2.43. The highest BCUT2D eigenvalue weighted by Gasteiger charge is 2.41. The predicted molar refractivity (Wildman–Crippen MR) is 72.4 cm³/mol. The maximum atomic E-state index is 12.7. The van der Waals surface area contributed by atoms with E-state index in [1.165, 1.54) is 32.1 Å². The van der Waals surface area contributed by atoms with Crippen molar-refractivity contribution in [2.75, 3.05) is 20.1 Å². The lowest BCUT2D eigenvalue weighted by molar-refractivity contribution is -0.137. The molecular weight excluding hydrogens is 240 g/mol. The molecular formula is C15H24N2O2. The van der Waals surface area contributed by atoms with E-state index in [1.54, 1.807) is 11.9 Å². The van der Waals surface area contributed by atoms with Crippen molar-refractivity contribution in [1.82, 2.24) is 9.80 Å². The SMILES string of the molecule is CN1CC(C(=O)N2CCCC2C2CCCC2)CC1=O. The molecule has 0 N–H and O–H groups in total. The smallest absolute Gasteiger partial charge is 0.228 e. The Morgan fingerprint density at radius 1 is 1.16 bits per heavy atom. The van der Waals surface area contributed by atoms with Gasteiger partial charge in [-0.1, -0.05) is 12.8 Å². The third-order valence-corrected chi connectivity index (χ3v) is 5.22. The maximum Gasteiger partial charge on any atom is 0.228 e. The van der Waals surface area contributed by atoms with Gasteiger partial charge in [-0.15, -0.1) is 0 Å². The van der Waals surface area contributed by atoms with Gasteiger partial charge in [-0.3, -0.25) is 9.59 Å². The number of nitrogens with zero attached hydrogens (tertiary/aromatic N) is 2. The molecule has 4 nitrogen and oxygen atoms in total. The summed E-state index contributed by atoms with van der Waals surface area (Å²) in [5, 5.41) is 0. The van der Waals surface area contributed by atoms with Crippen LogP contribution in [0.3, 0.4) is 0 Å². The van der Waals surface area contributed by atoms with Crippen LogP contribution < -0.4 is 0 Å². The van der Waals surface area contributed by atoms with E-state index in [4.69, 9.17) is 0 Å². The van der Waals surface area contributed by atoms with E-state index in [0.29, 0.717) is 19.0 Å². The first-order valence-corrected chi connectivity index (χ1v) is 7.71. The first kappa shape index (κ1) is 12.9. The summed E-state index contributed by atoms with van der Waals surface area (Å²) in [6, 6.07) is 0.469. The van der Waals surface area contributed by atoms with Crippen LogP contribution in [-0.2, 0) is 9.59 Å². The van der Waals surface area contributed by atoms with E-state index >= 15 is 0 Å². The summed E-state index contributed by atoms with van der Waals surface area (Å²) in [7, 11) is 1.80. The van der Waals surface area contributed by atoms with Crippen LogP contribution in [0.25, 0.3) is 0 Å². The van der Waals surface area contributed by atoms with Gasteiger partial charge < -0.3 is 9.80 Å². The molecule has 3 aliphatic rings. The largest absolute Gasteiger partial charge is 0.345 e. The van der Waals surface area contributed by atoms with Gasteiger partial charge in [0, 0.05) is 32.6 Å². The van der Waals surface area contributed by atoms with Crippen LogP contribution in [0, 0.1) is 11.8 Å². The molecule has 0 aromatic carbocycles. The van der Waals surface area contributed by atoms with Crippen LogP contribution >= 0.6 is 0 Å². The molecule has 4 heteroatoms. The number of rotatable bonds is 2. The van der Waals surface area contributed by atoms with Gasteiger partial charge in [0.05, 0.1) is 5.92 Å². The molecule has 0 bridgehead atoms. The summed E-state index contributed by atoms with van der Waals surface area (Å²) >= 11 is 0. The number of carbonyl (C=O) groups is 2. The average molecular weight is 264 g/mol. The quantitative estimate of drug-likeness (QED) is 0.761. The molecule has 2 atom stereocenters. The molecule has 106 valence electrons. The third-order valence-electron chi connectivity index (χ3n) is 5.22. The molecule has 3 fully saturated rings.